The van der Waals surface area contributed by atoms with Gasteiger partial charge in [-0.15, -0.1) is 6.42 Å². The molecule has 0 saturated carbocycles. The van der Waals surface area contributed by atoms with Crippen LogP contribution in [0.5, 0.6) is 0 Å². The monoisotopic (exact) mass is 474 g/mol. The molecule has 0 aromatic rings. The van der Waals surface area contributed by atoms with Crippen molar-refractivity contribution in [3.05, 3.63) is 12.2 Å². The molecule has 0 aromatic heterocycles. The van der Waals surface area contributed by atoms with E-state index >= 15 is 0 Å². The molecule has 0 aliphatic heterocycles. The van der Waals surface area contributed by atoms with Gasteiger partial charge in [-0.2, -0.15) is 0 Å². The fraction of sp³-hybridized carbons (Fsp3) is 0.630. The molecule has 0 fully saturated rings. The maximum absolute atomic E-state index is 11.8. The van der Waals surface area contributed by atoms with E-state index in [-0.39, 0.29) is 13.2 Å². The Kier molecular flexibility index (Phi) is 19.4. The van der Waals surface area contributed by atoms with Crippen molar-refractivity contribution in [2.45, 2.75) is 70.6 Å². The third-order valence-corrected chi connectivity index (χ3v) is 5.65. The van der Waals surface area contributed by atoms with Crippen LogP contribution in [0.25, 0.3) is 0 Å². The van der Waals surface area contributed by atoms with Gasteiger partial charge in [0.05, 0.1) is 27.7 Å². The number of likely N-dealkylation sites (N-methyl/N-ethyl adjacent to an activating group) is 1. The van der Waals surface area contributed by atoms with Gasteiger partial charge in [-0.1, -0.05) is 63.4 Å². The summed E-state index contributed by atoms with van der Waals surface area (Å²) < 4.78 is 22.5. The number of unbranched alkanes of at least 4 members (excludes halogenated alkanes) is 10. The minimum absolute atomic E-state index is 0.212. The minimum atomic E-state index is -3.91. The Morgan fingerprint density at radius 1 is 0.788 bits per heavy atom. The summed E-state index contributed by atoms with van der Waals surface area (Å²) in [5.74, 6) is 17.9. The molecule has 0 amide bonds. The van der Waals surface area contributed by atoms with Gasteiger partial charge in [0.1, 0.15) is 13.2 Å². The molecule has 182 valence electrons. The smallest absolute Gasteiger partial charge is 0.329 e. The highest BCUT2D eigenvalue weighted by Gasteiger charge is 2.21. The molecule has 33 heavy (non-hydrogen) atoms. The quantitative estimate of drug-likeness (QED) is 0.126. The highest BCUT2D eigenvalue weighted by Crippen LogP contribution is 2.43. The predicted molar refractivity (Wildman–Crippen MR) is 137 cm³/mol. The van der Waals surface area contributed by atoms with E-state index in [2.05, 4.69) is 47.5 Å². The van der Waals surface area contributed by atoms with Gasteiger partial charge >= 0.3 is 7.82 Å². The zero-order valence-corrected chi connectivity index (χ0v) is 21.6. The van der Waals surface area contributed by atoms with Crippen molar-refractivity contribution < 1.29 is 23.0 Å². The molecule has 0 heterocycles. The Hall–Kier alpha value is -1.95. The third-order valence-electron chi connectivity index (χ3n) is 4.63. The molecule has 6 heteroatoms. The highest BCUT2D eigenvalue weighted by molar-refractivity contribution is 7.47. The summed E-state index contributed by atoms with van der Waals surface area (Å²) in [5.41, 5.74) is 0. The van der Waals surface area contributed by atoms with Crippen LogP contribution in [-0.2, 0) is 13.6 Å². The van der Waals surface area contributed by atoms with Crippen LogP contribution in [-0.4, -0.2) is 50.3 Å². The predicted octanol–water partition coefficient (Wildman–Crippen LogP) is 5.32. The van der Waals surface area contributed by atoms with Gasteiger partial charge in [-0.05, 0) is 60.9 Å². The van der Waals surface area contributed by atoms with Crippen molar-refractivity contribution >= 4 is 7.82 Å². The molecular formula is C27H41NO4P+. The molecule has 0 aliphatic rings. The van der Waals surface area contributed by atoms with Crippen LogP contribution in [0, 0.1) is 47.9 Å². The third kappa shape index (κ3) is 26.2. The maximum Gasteiger partial charge on any atom is 0.472 e. The molecular weight excluding hydrogens is 433 g/mol. The lowest BCUT2D eigenvalue weighted by Gasteiger charge is -2.24. The van der Waals surface area contributed by atoms with Crippen LogP contribution in [0.15, 0.2) is 12.2 Å². The van der Waals surface area contributed by atoms with Crippen LogP contribution in [0.4, 0.5) is 0 Å². The molecule has 0 aromatic carbocycles. The summed E-state index contributed by atoms with van der Waals surface area (Å²) in [6.07, 6.45) is 21.6. The lowest BCUT2D eigenvalue weighted by atomic mass is 10.1. The Morgan fingerprint density at radius 3 is 1.91 bits per heavy atom. The van der Waals surface area contributed by atoms with E-state index in [9.17, 15) is 9.46 Å². The number of phosphoric ester groups is 1. The van der Waals surface area contributed by atoms with E-state index < -0.39 is 7.82 Å². The SMILES string of the molecule is C#CC#CC#CC#C/C=C\CCCCCCCCCCCCOP(=O)(O)OCC[N+](C)(C)C. The first-order valence-electron chi connectivity index (χ1n) is 11.8. The van der Waals surface area contributed by atoms with Crippen molar-refractivity contribution in [3.63, 3.8) is 0 Å². The van der Waals surface area contributed by atoms with Crippen LogP contribution < -0.4 is 0 Å². The maximum atomic E-state index is 11.8. The number of hydrogen-bond donors (Lipinski definition) is 1. The first-order valence-corrected chi connectivity index (χ1v) is 13.3. The second-order valence-electron chi connectivity index (χ2n) is 8.79. The van der Waals surface area contributed by atoms with E-state index in [4.69, 9.17) is 15.5 Å². The van der Waals surface area contributed by atoms with Crippen molar-refractivity contribution in [2.24, 2.45) is 0 Å². The number of allylic oxidation sites excluding steroid dienone is 2. The highest BCUT2D eigenvalue weighted by atomic mass is 31.2. The Morgan fingerprint density at radius 2 is 1.30 bits per heavy atom. The summed E-state index contributed by atoms with van der Waals surface area (Å²) in [7, 11) is 2.10. The molecule has 1 N–H and O–H groups in total. The van der Waals surface area contributed by atoms with Crippen molar-refractivity contribution in [3.8, 4) is 47.9 Å². The van der Waals surface area contributed by atoms with Crippen molar-refractivity contribution in [2.75, 3.05) is 40.9 Å². The fourth-order valence-corrected chi connectivity index (χ4v) is 3.52. The summed E-state index contributed by atoms with van der Waals surface area (Å²) >= 11 is 0. The largest absolute Gasteiger partial charge is 0.472 e. The standard InChI is InChI=1S/C27H40NO4P/c1-5-6-7-8-9-10-11-12-13-14-15-16-17-18-19-20-21-22-23-24-26-31-33(29,30)32-27-25-28(2,3)4/h1,12-13H,14-27H2,2-4H3/p+1/b13-12-. The Bertz CT molecular complexity index is 816. The number of nitrogens with zero attached hydrogens (tertiary/aromatic N) is 1. The first-order chi connectivity index (χ1) is 15.8. The lowest BCUT2D eigenvalue weighted by molar-refractivity contribution is -0.870. The number of hydrogen-bond acceptors (Lipinski definition) is 3. The molecule has 1 atom stereocenters. The zero-order chi connectivity index (χ0) is 24.7. The summed E-state index contributed by atoms with van der Waals surface area (Å²) in [4.78, 5) is 9.65. The molecule has 0 rings (SSSR count). The molecule has 1 unspecified atom stereocenters. The normalized spacial score (nSPS) is 12.5. The van der Waals surface area contributed by atoms with Crippen LogP contribution in [0.2, 0.25) is 0 Å². The molecule has 0 radical (unpaired) electrons. The number of phosphoric acid groups is 1. The zero-order valence-electron chi connectivity index (χ0n) is 20.7. The number of quaternary nitrogens is 1. The van der Waals surface area contributed by atoms with E-state index in [1.807, 2.05) is 27.2 Å². The average molecular weight is 475 g/mol. The first kappa shape index (κ1) is 31.0. The number of terminal acetylenes is 1. The molecule has 0 saturated heterocycles. The number of rotatable bonds is 18. The van der Waals surface area contributed by atoms with E-state index in [0.717, 1.165) is 25.7 Å². The van der Waals surface area contributed by atoms with E-state index in [1.165, 1.54) is 44.9 Å². The Balaban J connectivity index is 3.46. The van der Waals surface area contributed by atoms with Gasteiger partial charge < -0.3 is 9.38 Å². The van der Waals surface area contributed by atoms with E-state index in [1.54, 1.807) is 0 Å². The van der Waals surface area contributed by atoms with Crippen LogP contribution in [0.3, 0.4) is 0 Å². The molecule has 5 nitrogen and oxygen atoms in total. The van der Waals surface area contributed by atoms with Crippen molar-refractivity contribution in [1.29, 1.82) is 0 Å². The van der Waals surface area contributed by atoms with Gasteiger partial charge in [0.2, 0.25) is 0 Å². The lowest BCUT2D eigenvalue weighted by Crippen LogP contribution is -2.37. The summed E-state index contributed by atoms with van der Waals surface area (Å²) in [6, 6.07) is 0. The second-order valence-corrected chi connectivity index (χ2v) is 10.2. The van der Waals surface area contributed by atoms with Gasteiger partial charge in [0.25, 0.3) is 0 Å². The van der Waals surface area contributed by atoms with Crippen LogP contribution >= 0.6 is 7.82 Å². The van der Waals surface area contributed by atoms with Gasteiger partial charge in [0, 0.05) is 0 Å². The minimum Gasteiger partial charge on any atom is -0.329 e. The van der Waals surface area contributed by atoms with Gasteiger partial charge in [-0.25, -0.2) is 4.57 Å². The summed E-state index contributed by atoms with van der Waals surface area (Å²) in [5, 5.41) is 0. The summed E-state index contributed by atoms with van der Waals surface area (Å²) in [6.45, 7) is 1.14. The fourth-order valence-electron chi connectivity index (χ4n) is 2.78. The Labute approximate surface area is 202 Å². The van der Waals surface area contributed by atoms with E-state index in [0.29, 0.717) is 11.0 Å². The van der Waals surface area contributed by atoms with Crippen LogP contribution in [0.1, 0.15) is 70.6 Å². The topological polar surface area (TPSA) is 55.8 Å². The van der Waals surface area contributed by atoms with Crippen molar-refractivity contribution in [1.82, 2.24) is 0 Å². The molecule has 0 spiro atoms. The molecule has 0 aliphatic carbocycles. The van der Waals surface area contributed by atoms with Gasteiger partial charge in [0.15, 0.2) is 0 Å². The van der Waals surface area contributed by atoms with Gasteiger partial charge in [-0.3, -0.25) is 9.05 Å². The molecule has 0 bridgehead atoms. The second kappa shape index (κ2) is 20.6. The average Bonchev–Trinajstić information content (AvgIpc) is 2.73.